The summed E-state index contributed by atoms with van der Waals surface area (Å²) < 4.78 is 5.34. The van der Waals surface area contributed by atoms with Gasteiger partial charge in [-0.3, -0.25) is 4.79 Å². The molecule has 5 heteroatoms. The van der Waals surface area contributed by atoms with Gasteiger partial charge in [-0.05, 0) is 57.5 Å². The number of benzene rings is 2. The smallest absolute Gasteiger partial charge is 0.225 e. The van der Waals surface area contributed by atoms with Crippen LogP contribution in [0.5, 0.6) is 5.75 Å². The van der Waals surface area contributed by atoms with Gasteiger partial charge in [-0.2, -0.15) is 0 Å². The number of rotatable bonds is 2. The molecule has 0 heterocycles. The summed E-state index contributed by atoms with van der Waals surface area (Å²) in [6, 6.07) is 10.0. The van der Waals surface area contributed by atoms with Crippen molar-refractivity contribution in [3.8, 4) is 5.75 Å². The molecule has 0 bridgehead atoms. The normalized spacial score (nSPS) is 19.9. The van der Waals surface area contributed by atoms with Gasteiger partial charge in [0.05, 0.1) is 7.11 Å². The maximum Gasteiger partial charge on any atom is 0.225 e. The van der Waals surface area contributed by atoms with Crippen LogP contribution in [0, 0.1) is 5.41 Å². The summed E-state index contributed by atoms with van der Waals surface area (Å²) in [6.07, 6.45) is 1.14. The first kappa shape index (κ1) is 13.5. The fourth-order valence-electron chi connectivity index (χ4n) is 3.19. The minimum Gasteiger partial charge on any atom is -0.497 e. The highest BCUT2D eigenvalue weighted by Crippen LogP contribution is 2.41. The van der Waals surface area contributed by atoms with Gasteiger partial charge < -0.3 is 4.74 Å². The zero-order valence-corrected chi connectivity index (χ0v) is 12.0. The Labute approximate surface area is 122 Å². The number of ether oxygens (including phenoxy) is 1. The van der Waals surface area contributed by atoms with Gasteiger partial charge in [-0.1, -0.05) is 25.1 Å². The monoisotopic (exact) mass is 281 g/mol. The molecule has 1 aliphatic carbocycles. The van der Waals surface area contributed by atoms with Gasteiger partial charge in [0.1, 0.15) is 5.75 Å². The van der Waals surface area contributed by atoms with Crippen LogP contribution >= 0.6 is 0 Å². The Hall–Kier alpha value is -2.52. The average molecular weight is 281 g/mol. The van der Waals surface area contributed by atoms with E-state index in [0.717, 1.165) is 22.3 Å². The summed E-state index contributed by atoms with van der Waals surface area (Å²) in [6.45, 7) is 1.85. The highest BCUT2D eigenvalue weighted by atomic mass is 16.5. The molecule has 2 aromatic rings. The van der Waals surface area contributed by atoms with Crippen molar-refractivity contribution in [2.45, 2.75) is 19.8 Å². The first-order valence-corrected chi connectivity index (χ1v) is 6.75. The van der Waals surface area contributed by atoms with Gasteiger partial charge >= 0.3 is 0 Å². The molecule has 0 saturated carbocycles. The lowest BCUT2D eigenvalue weighted by atomic mass is 9.71. The molecule has 0 fully saturated rings. The molecular weight excluding hydrogens is 266 g/mol. The van der Waals surface area contributed by atoms with Crippen molar-refractivity contribution in [2.24, 2.45) is 10.5 Å². The van der Waals surface area contributed by atoms with Gasteiger partial charge in [0.2, 0.25) is 5.91 Å². The Balaban J connectivity index is 2.20. The van der Waals surface area contributed by atoms with Crippen molar-refractivity contribution in [2.75, 3.05) is 7.11 Å². The SMILES string of the molecule is COc1cc2c3c(cccc3c1)CC(C)(C(=O)N=[N+]=[N-])C2. The van der Waals surface area contributed by atoms with Crippen molar-refractivity contribution in [3.05, 3.63) is 51.9 Å². The molecule has 5 nitrogen and oxygen atoms in total. The number of amides is 1. The van der Waals surface area contributed by atoms with Crippen LogP contribution in [0.1, 0.15) is 18.1 Å². The minimum absolute atomic E-state index is 0.407. The van der Waals surface area contributed by atoms with E-state index < -0.39 is 11.3 Å². The van der Waals surface area contributed by atoms with Crippen molar-refractivity contribution in [1.82, 2.24) is 0 Å². The molecule has 0 aromatic heterocycles. The minimum atomic E-state index is -0.695. The summed E-state index contributed by atoms with van der Waals surface area (Å²) in [5.74, 6) is 0.366. The van der Waals surface area contributed by atoms with Gasteiger partial charge in [-0.15, -0.1) is 0 Å². The lowest BCUT2D eigenvalue weighted by Gasteiger charge is -2.32. The molecular formula is C16H15N3O2. The zero-order valence-electron chi connectivity index (χ0n) is 12.0. The number of azide groups is 1. The van der Waals surface area contributed by atoms with E-state index in [2.05, 4.69) is 10.0 Å². The maximum absolute atomic E-state index is 12.2. The number of methoxy groups -OCH3 is 1. The van der Waals surface area contributed by atoms with Crippen molar-refractivity contribution >= 4 is 16.7 Å². The highest BCUT2D eigenvalue weighted by molar-refractivity contribution is 5.94. The molecule has 2 aromatic carbocycles. The number of hydrogen-bond acceptors (Lipinski definition) is 2. The Kier molecular flexibility index (Phi) is 3.07. The van der Waals surface area contributed by atoms with Crippen LogP contribution in [0.15, 0.2) is 35.4 Å². The van der Waals surface area contributed by atoms with Crippen LogP contribution < -0.4 is 4.74 Å². The molecule has 106 valence electrons. The van der Waals surface area contributed by atoms with Crippen molar-refractivity contribution in [1.29, 1.82) is 0 Å². The molecule has 0 N–H and O–H groups in total. The summed E-state index contributed by atoms with van der Waals surface area (Å²) in [4.78, 5) is 14.8. The van der Waals surface area contributed by atoms with E-state index in [4.69, 9.17) is 10.3 Å². The Morgan fingerprint density at radius 3 is 2.81 bits per heavy atom. The van der Waals surface area contributed by atoms with Crippen molar-refractivity contribution < 1.29 is 9.53 Å². The molecule has 0 aliphatic heterocycles. The van der Waals surface area contributed by atoms with Crippen LogP contribution in [0.3, 0.4) is 0 Å². The predicted molar refractivity (Wildman–Crippen MR) is 80.2 cm³/mol. The van der Waals surface area contributed by atoms with E-state index in [9.17, 15) is 4.79 Å². The molecule has 1 atom stereocenters. The largest absolute Gasteiger partial charge is 0.497 e. The molecule has 21 heavy (non-hydrogen) atoms. The molecule has 0 saturated heterocycles. The van der Waals surface area contributed by atoms with Crippen LogP contribution in [0.2, 0.25) is 0 Å². The second kappa shape index (κ2) is 4.79. The third-order valence-corrected chi connectivity index (χ3v) is 4.17. The molecule has 0 spiro atoms. The van der Waals surface area contributed by atoms with Crippen LogP contribution in [0.25, 0.3) is 21.2 Å². The van der Waals surface area contributed by atoms with E-state index in [1.807, 2.05) is 37.3 Å². The lowest BCUT2D eigenvalue weighted by Crippen LogP contribution is -2.33. The van der Waals surface area contributed by atoms with E-state index in [1.54, 1.807) is 7.11 Å². The number of nitrogens with zero attached hydrogens (tertiary/aromatic N) is 3. The Morgan fingerprint density at radius 1 is 1.33 bits per heavy atom. The number of carbonyl (C=O) groups excluding carboxylic acids is 1. The lowest BCUT2D eigenvalue weighted by molar-refractivity contribution is -0.126. The summed E-state index contributed by atoms with van der Waals surface area (Å²) in [7, 11) is 1.63. The Bertz CT molecular complexity index is 793. The number of carbonyl (C=O) groups is 1. The first-order chi connectivity index (χ1) is 10.1. The first-order valence-electron chi connectivity index (χ1n) is 6.75. The molecule has 3 rings (SSSR count). The van der Waals surface area contributed by atoms with Gasteiger partial charge in [0.25, 0.3) is 0 Å². The highest BCUT2D eigenvalue weighted by Gasteiger charge is 2.37. The predicted octanol–water partition coefficient (Wildman–Crippen LogP) is 3.79. The Morgan fingerprint density at radius 2 is 2.10 bits per heavy atom. The van der Waals surface area contributed by atoms with E-state index in [0.29, 0.717) is 12.8 Å². The maximum atomic E-state index is 12.2. The van der Waals surface area contributed by atoms with Gasteiger partial charge in [0.15, 0.2) is 0 Å². The standard InChI is InChI=1S/C16H15N3O2/c1-16(15(20)18-19-17)8-11-5-3-4-10-6-13(21-2)7-12(9-16)14(10)11/h3-7H,8-9H2,1-2H3. The zero-order chi connectivity index (χ0) is 15.0. The van der Waals surface area contributed by atoms with Crippen LogP contribution in [-0.4, -0.2) is 13.0 Å². The van der Waals surface area contributed by atoms with E-state index in [1.165, 1.54) is 5.39 Å². The number of hydrogen-bond donors (Lipinski definition) is 0. The summed E-state index contributed by atoms with van der Waals surface area (Å²) in [5, 5.41) is 5.61. The quantitative estimate of drug-likeness (QED) is 0.477. The van der Waals surface area contributed by atoms with E-state index >= 15 is 0 Å². The topological polar surface area (TPSA) is 75.1 Å². The fraction of sp³-hybridized carbons (Fsp3) is 0.312. The second-order valence-electron chi connectivity index (χ2n) is 5.71. The third-order valence-electron chi connectivity index (χ3n) is 4.17. The van der Waals surface area contributed by atoms with Gasteiger partial charge in [-0.25, -0.2) is 0 Å². The van der Waals surface area contributed by atoms with Crippen LogP contribution in [0.4, 0.5) is 0 Å². The van der Waals surface area contributed by atoms with E-state index in [-0.39, 0.29) is 0 Å². The fourth-order valence-corrected chi connectivity index (χ4v) is 3.19. The van der Waals surface area contributed by atoms with Crippen LogP contribution in [-0.2, 0) is 17.6 Å². The second-order valence-corrected chi connectivity index (χ2v) is 5.71. The molecule has 1 amide bonds. The summed E-state index contributed by atoms with van der Waals surface area (Å²) in [5.41, 5.74) is 10.0. The molecule has 1 unspecified atom stereocenters. The summed E-state index contributed by atoms with van der Waals surface area (Å²) >= 11 is 0. The average Bonchev–Trinajstić information content (AvgIpc) is 2.47. The van der Waals surface area contributed by atoms with Gasteiger partial charge in [0, 0.05) is 10.3 Å². The van der Waals surface area contributed by atoms with Crippen molar-refractivity contribution in [3.63, 3.8) is 0 Å². The molecule has 1 aliphatic rings. The third kappa shape index (κ3) is 2.12. The molecule has 0 radical (unpaired) electrons.